The second-order valence-corrected chi connectivity index (χ2v) is 6.52. The smallest absolute Gasteiger partial charge is 0.265 e. The van der Waals surface area contributed by atoms with Gasteiger partial charge in [0, 0.05) is 20.0 Å². The molecule has 7 nitrogen and oxygen atoms in total. The molecule has 22 heavy (non-hydrogen) atoms. The molecule has 1 fully saturated rings. The number of hydrogen-bond donors (Lipinski definition) is 1. The molecule has 0 aliphatic heterocycles. The Hall–Kier alpha value is -1.51. The first-order chi connectivity index (χ1) is 9.97. The lowest BCUT2D eigenvalue weighted by Crippen LogP contribution is -2.20. The molecule has 0 bridgehead atoms. The molecule has 120 valence electrons. The second-order valence-electron chi connectivity index (χ2n) is 5.51. The number of aromatic nitrogens is 4. The Morgan fingerprint density at radius 3 is 2.73 bits per heavy atom. The Balaban J connectivity index is 0.00000176. The van der Waals surface area contributed by atoms with Gasteiger partial charge in [-0.2, -0.15) is 4.68 Å². The average Bonchev–Trinajstić information content (AvgIpc) is 3.02. The van der Waals surface area contributed by atoms with E-state index in [0.29, 0.717) is 21.8 Å². The van der Waals surface area contributed by atoms with E-state index in [4.69, 9.17) is 5.73 Å². The Morgan fingerprint density at radius 2 is 2.18 bits per heavy atom. The van der Waals surface area contributed by atoms with Gasteiger partial charge in [-0.3, -0.25) is 4.79 Å². The molecule has 2 heterocycles. The van der Waals surface area contributed by atoms with Gasteiger partial charge in [0.2, 0.25) is 5.13 Å². The maximum atomic E-state index is 12.0. The summed E-state index contributed by atoms with van der Waals surface area (Å²) in [5.74, 6) is 1.91. The predicted octanol–water partition coefficient (Wildman–Crippen LogP) is 1.74. The van der Waals surface area contributed by atoms with Crippen LogP contribution < -0.4 is 5.73 Å². The number of nitrogens with two attached hydrogens (primary N) is 1. The highest BCUT2D eigenvalue weighted by Crippen LogP contribution is 2.38. The van der Waals surface area contributed by atoms with Crippen LogP contribution in [0.4, 0.5) is 0 Å². The minimum absolute atomic E-state index is 0. The molecule has 0 saturated heterocycles. The van der Waals surface area contributed by atoms with E-state index in [1.165, 1.54) is 16.2 Å². The zero-order valence-electron chi connectivity index (χ0n) is 12.7. The number of halogens is 1. The summed E-state index contributed by atoms with van der Waals surface area (Å²) in [5, 5.41) is 5.16. The maximum absolute atomic E-state index is 12.0. The molecule has 0 spiro atoms. The van der Waals surface area contributed by atoms with Gasteiger partial charge in [0.05, 0.1) is 12.2 Å². The fraction of sp³-hybridized carbons (Fsp3) is 0.538. The standard InChI is InChI=1S/C13H18N6OS.ClH/c1-7(14)11-16-10(8-4-5-8)17-19(11)13-15-6-9(21-13)12(20)18(2)3;/h6-8H,4-5,14H2,1-3H3;1H/t7-;/m0./s1. The first kappa shape index (κ1) is 16.9. The normalized spacial score (nSPS) is 15.3. The van der Waals surface area contributed by atoms with Crippen molar-refractivity contribution in [1.82, 2.24) is 24.6 Å². The summed E-state index contributed by atoms with van der Waals surface area (Å²) in [6.45, 7) is 1.87. The van der Waals surface area contributed by atoms with Crippen LogP contribution in [0.15, 0.2) is 6.20 Å². The van der Waals surface area contributed by atoms with E-state index in [1.807, 2.05) is 6.92 Å². The van der Waals surface area contributed by atoms with Gasteiger partial charge in [0.15, 0.2) is 11.6 Å². The highest BCUT2D eigenvalue weighted by atomic mass is 35.5. The summed E-state index contributed by atoms with van der Waals surface area (Å²) in [6.07, 6.45) is 3.83. The molecule has 0 unspecified atom stereocenters. The molecule has 1 aliphatic rings. The second kappa shape index (κ2) is 6.31. The first-order valence-electron chi connectivity index (χ1n) is 6.87. The molecule has 1 atom stereocenters. The fourth-order valence-corrected chi connectivity index (χ4v) is 2.87. The monoisotopic (exact) mass is 342 g/mol. The van der Waals surface area contributed by atoms with E-state index in [1.54, 1.807) is 25.0 Å². The summed E-state index contributed by atoms with van der Waals surface area (Å²) in [5.41, 5.74) is 5.98. The van der Waals surface area contributed by atoms with Gasteiger partial charge in [0.1, 0.15) is 4.88 Å². The first-order valence-corrected chi connectivity index (χ1v) is 7.69. The lowest BCUT2D eigenvalue weighted by atomic mass is 10.3. The van der Waals surface area contributed by atoms with Crippen LogP contribution in [-0.4, -0.2) is 44.7 Å². The van der Waals surface area contributed by atoms with E-state index < -0.39 is 0 Å². The third kappa shape index (κ3) is 3.13. The third-order valence-corrected chi connectivity index (χ3v) is 4.25. The Kier molecular flexibility index (Phi) is 4.84. The number of hydrogen-bond acceptors (Lipinski definition) is 6. The number of nitrogens with zero attached hydrogens (tertiary/aromatic N) is 5. The molecule has 0 aromatic carbocycles. The van der Waals surface area contributed by atoms with E-state index in [2.05, 4.69) is 15.1 Å². The van der Waals surface area contributed by atoms with Gasteiger partial charge < -0.3 is 10.6 Å². The molecule has 2 N–H and O–H groups in total. The van der Waals surface area contributed by atoms with Gasteiger partial charge >= 0.3 is 0 Å². The van der Waals surface area contributed by atoms with Crippen LogP contribution in [0.25, 0.3) is 5.13 Å². The number of carbonyl (C=O) groups excluding carboxylic acids is 1. The molecule has 2 aromatic rings. The molecule has 2 aromatic heterocycles. The van der Waals surface area contributed by atoms with Crippen LogP contribution in [0.1, 0.15) is 53.0 Å². The van der Waals surface area contributed by atoms with Crippen molar-refractivity contribution in [2.75, 3.05) is 14.1 Å². The van der Waals surface area contributed by atoms with E-state index in [0.717, 1.165) is 18.7 Å². The van der Waals surface area contributed by atoms with Gasteiger partial charge in [0.25, 0.3) is 5.91 Å². The van der Waals surface area contributed by atoms with Gasteiger partial charge in [-0.1, -0.05) is 11.3 Å². The van der Waals surface area contributed by atoms with E-state index in [9.17, 15) is 4.79 Å². The quantitative estimate of drug-likeness (QED) is 0.914. The van der Waals surface area contributed by atoms with Crippen molar-refractivity contribution in [1.29, 1.82) is 0 Å². The maximum Gasteiger partial charge on any atom is 0.265 e. The zero-order valence-corrected chi connectivity index (χ0v) is 14.3. The van der Waals surface area contributed by atoms with Crippen molar-refractivity contribution in [3.8, 4) is 5.13 Å². The van der Waals surface area contributed by atoms with Crippen LogP contribution in [0.3, 0.4) is 0 Å². The molecule has 0 radical (unpaired) electrons. The number of amides is 1. The summed E-state index contributed by atoms with van der Waals surface area (Å²) >= 11 is 1.30. The summed E-state index contributed by atoms with van der Waals surface area (Å²) < 4.78 is 1.68. The van der Waals surface area contributed by atoms with Crippen LogP contribution >= 0.6 is 23.7 Å². The largest absolute Gasteiger partial charge is 0.344 e. The summed E-state index contributed by atoms with van der Waals surface area (Å²) in [4.78, 5) is 22.9. The van der Waals surface area contributed by atoms with Crippen molar-refractivity contribution in [2.24, 2.45) is 5.73 Å². The van der Waals surface area contributed by atoms with E-state index in [-0.39, 0.29) is 24.4 Å². The van der Waals surface area contributed by atoms with Gasteiger partial charge in [-0.05, 0) is 19.8 Å². The molecule has 9 heteroatoms. The lowest BCUT2D eigenvalue weighted by Gasteiger charge is -2.07. The minimum Gasteiger partial charge on any atom is -0.344 e. The van der Waals surface area contributed by atoms with Crippen molar-refractivity contribution in [2.45, 2.75) is 31.7 Å². The van der Waals surface area contributed by atoms with Gasteiger partial charge in [-0.25, -0.2) is 9.97 Å². The molecule has 1 saturated carbocycles. The van der Waals surface area contributed by atoms with Gasteiger partial charge in [-0.15, -0.1) is 17.5 Å². The number of thiazole rings is 1. The molecule has 1 aliphatic carbocycles. The minimum atomic E-state index is -0.234. The van der Waals surface area contributed by atoms with Crippen LogP contribution in [0, 0.1) is 0 Å². The van der Waals surface area contributed by atoms with Crippen molar-refractivity contribution < 1.29 is 4.79 Å². The Morgan fingerprint density at radius 1 is 1.50 bits per heavy atom. The number of carbonyl (C=O) groups is 1. The van der Waals surface area contributed by atoms with Crippen molar-refractivity contribution in [3.05, 3.63) is 22.7 Å². The topological polar surface area (TPSA) is 89.9 Å². The summed E-state index contributed by atoms with van der Waals surface area (Å²) in [6, 6.07) is -0.234. The zero-order chi connectivity index (χ0) is 15.1. The highest BCUT2D eigenvalue weighted by Gasteiger charge is 2.30. The molecular weight excluding hydrogens is 324 g/mol. The average molecular weight is 343 g/mol. The summed E-state index contributed by atoms with van der Waals surface area (Å²) in [7, 11) is 3.44. The Bertz CT molecular complexity index is 676. The molecule has 1 amide bonds. The highest BCUT2D eigenvalue weighted by molar-refractivity contribution is 7.16. The number of rotatable bonds is 4. The predicted molar refractivity (Wildman–Crippen MR) is 86.9 cm³/mol. The van der Waals surface area contributed by atoms with Crippen molar-refractivity contribution in [3.63, 3.8) is 0 Å². The molecule has 3 rings (SSSR count). The lowest BCUT2D eigenvalue weighted by molar-refractivity contribution is 0.0832. The SMILES string of the molecule is C[C@H](N)c1nc(C2CC2)nn1-c1ncc(C(=O)N(C)C)s1.Cl. The van der Waals surface area contributed by atoms with Crippen molar-refractivity contribution >= 4 is 29.7 Å². The van der Waals surface area contributed by atoms with Crippen LogP contribution in [0.2, 0.25) is 0 Å². The fourth-order valence-electron chi connectivity index (χ4n) is 1.97. The van der Waals surface area contributed by atoms with E-state index >= 15 is 0 Å². The molecular formula is C13H19ClN6OS. The van der Waals surface area contributed by atoms with Crippen LogP contribution in [-0.2, 0) is 0 Å². The third-order valence-electron chi connectivity index (χ3n) is 3.29. The Labute approximate surface area is 139 Å². The van der Waals surface area contributed by atoms with Crippen LogP contribution in [0.5, 0.6) is 0 Å².